The number of azide groups is 1. The number of nitrogens with zero attached hydrogens (tertiary/aromatic N) is 22. The Kier molecular flexibility index (Phi) is 40.5. The van der Waals surface area contributed by atoms with Gasteiger partial charge in [0.15, 0.2) is 11.6 Å². The van der Waals surface area contributed by atoms with Crippen LogP contribution < -0.4 is 34.5 Å². The van der Waals surface area contributed by atoms with E-state index >= 15 is 0 Å². The van der Waals surface area contributed by atoms with E-state index in [1.807, 2.05) is 146 Å². The Bertz CT molecular complexity index is 6900. The van der Waals surface area contributed by atoms with Crippen molar-refractivity contribution in [1.82, 2.24) is 81.0 Å². The zero-order chi connectivity index (χ0) is 98.0. The molecule has 34 nitrogen and oxygen atoms in total. The minimum absolute atomic E-state index is 0.0878. The smallest absolute Gasteiger partial charge is 0.259 e. The zero-order valence-electron chi connectivity index (χ0n) is 75.4. The number of benzene rings is 11. The average molecular weight is 2060 g/mol. The number of nitriles is 2. The number of hydrogen-bond donors (Lipinski definition) is 5. The fourth-order valence-electron chi connectivity index (χ4n) is 14.0. The molecule has 0 bridgehead atoms. The average Bonchev–Trinajstić information content (AvgIpc) is 1.67. The quantitative estimate of drug-likeness (QED) is 0.00485. The Balaban J connectivity index is 0.000000163. The van der Waals surface area contributed by atoms with Gasteiger partial charge >= 0.3 is 105 Å². The number of aliphatic hydroxyl groups is 1. The van der Waals surface area contributed by atoms with Gasteiger partial charge in [-0.05, 0) is 174 Å². The van der Waals surface area contributed by atoms with Crippen molar-refractivity contribution >= 4 is 166 Å². The van der Waals surface area contributed by atoms with Crippen LogP contribution in [0.4, 0.5) is 22.7 Å². The largest absolute Gasteiger partial charge is 0.411 e. The van der Waals surface area contributed by atoms with Gasteiger partial charge in [0.25, 0.3) is 23.0 Å². The molecule has 6 aromatic heterocycles. The number of unbranched alkanes of at least 4 members (excludes halogenated alkanes) is 3. The molecule has 5 N–H and O–H groups in total. The summed E-state index contributed by atoms with van der Waals surface area (Å²) in [6.45, 7) is 8.35. The molecule has 0 radical (unpaired) electrons. The van der Waals surface area contributed by atoms with Crippen LogP contribution in [0.15, 0.2) is 289 Å². The molecule has 17 aromatic rings. The summed E-state index contributed by atoms with van der Waals surface area (Å²) in [7, 11) is 1.00. The van der Waals surface area contributed by atoms with Gasteiger partial charge in [-0.1, -0.05) is 187 Å². The second-order valence-electron chi connectivity index (χ2n) is 30.4. The van der Waals surface area contributed by atoms with Crippen molar-refractivity contribution in [2.24, 2.45) is 3.34 Å². The molecule has 0 spiro atoms. The van der Waals surface area contributed by atoms with Crippen LogP contribution in [0.25, 0.3) is 54.1 Å². The normalized spacial score (nSPS) is 10.6. The van der Waals surface area contributed by atoms with E-state index in [2.05, 4.69) is 102 Å². The summed E-state index contributed by atoms with van der Waals surface area (Å²) in [6.07, 6.45) is 14.1. The third kappa shape index (κ3) is 30.3. The van der Waals surface area contributed by atoms with Gasteiger partial charge in [0.2, 0.25) is 0 Å². The van der Waals surface area contributed by atoms with E-state index in [0.717, 1.165) is 67.0 Å². The molecule has 0 aliphatic carbocycles. The van der Waals surface area contributed by atoms with E-state index in [4.69, 9.17) is 88.4 Å². The van der Waals surface area contributed by atoms with Crippen molar-refractivity contribution in [3.05, 3.63) is 367 Å². The minimum Gasteiger partial charge on any atom is -0.411 e. The monoisotopic (exact) mass is 2060 g/mol. The summed E-state index contributed by atoms with van der Waals surface area (Å²) in [5.41, 5.74) is 19.4. The Morgan fingerprint density at radius 2 is 0.812 bits per heavy atom. The third-order valence-electron chi connectivity index (χ3n) is 20.9. The number of hydrogen-bond acceptors (Lipinski definition) is 23. The maximum absolute atomic E-state index is 13.4. The number of carbonyl (C=O) groups is 4. The Morgan fingerprint density at radius 3 is 1.17 bits per heavy atom. The summed E-state index contributed by atoms with van der Waals surface area (Å²) in [4.78, 5) is 80.1. The first-order valence-electron chi connectivity index (χ1n) is 43.5. The number of nitrogens with one attached hydrogen (secondary N) is 3. The molecule has 17 rings (SSSR count). The van der Waals surface area contributed by atoms with Crippen molar-refractivity contribution in [3.8, 4) is 12.1 Å². The number of rotatable bonds is 33. The molecule has 6 heterocycles. The van der Waals surface area contributed by atoms with E-state index in [9.17, 15) is 29.6 Å². The molecule has 0 atom stereocenters. The minimum atomic E-state index is -2.45. The van der Waals surface area contributed by atoms with Gasteiger partial charge in [-0.25, -0.2) is 0 Å². The van der Waals surface area contributed by atoms with Crippen molar-refractivity contribution in [2.45, 2.75) is 106 Å². The maximum atomic E-state index is 13.4. The van der Waals surface area contributed by atoms with Crippen molar-refractivity contribution in [3.63, 3.8) is 0 Å². The molecule has 706 valence electrons. The fraction of sp³-hybridized carbons (Fsp3) is 0.204. The SMILES string of the molecule is CCC[CH2][Sn]([CH2]CCC)([CH2]CCC)[N]=[N+]=[N-].CO.N#CCN(C(=O)c1cccc(Cl)c1)c1ccc2c(cnn2OCc2ccccc2)c1.N#CCNc1ccc2c(cnn2OCc2ccccc2)c1.O=C(Cl)c1cccc(Cl)c1.O=C(c1cccc(Cl)c1)N(Cc1nn[nH]n1)c1ccc2c(cnn2O)c1.O=C(c1cccc(Cl)c1)N(Cc1nn[nH]n1)c1ccc2c(cnn2OCc2ccccc2)c1. The second kappa shape index (κ2) is 53.9. The topological polar surface area (TPSA) is 435 Å². The summed E-state index contributed by atoms with van der Waals surface area (Å²) in [5, 5.41) is 86.5. The molecule has 0 saturated carbocycles. The van der Waals surface area contributed by atoms with Gasteiger partial charge < -0.3 is 39.9 Å². The van der Waals surface area contributed by atoms with Crippen molar-refractivity contribution < 1.29 is 44.0 Å². The second-order valence-corrected chi connectivity index (χ2v) is 44.3. The van der Waals surface area contributed by atoms with E-state index < -0.39 is 23.9 Å². The molecule has 11 aromatic carbocycles. The summed E-state index contributed by atoms with van der Waals surface area (Å²) < 4.78 is 8.18. The Morgan fingerprint density at radius 1 is 0.457 bits per heavy atom. The molecule has 138 heavy (non-hydrogen) atoms. The number of amides is 3. The number of aromatic amines is 2. The van der Waals surface area contributed by atoms with Crippen LogP contribution in [-0.4, -0.2) is 153 Å². The molecule has 0 aliphatic rings. The van der Waals surface area contributed by atoms with Crippen LogP contribution in [0.5, 0.6) is 0 Å². The third-order valence-corrected chi connectivity index (χ3v) is 34.5. The van der Waals surface area contributed by atoms with E-state index in [0.29, 0.717) is 102 Å². The number of fused-ring (bicyclic) bond motifs is 4. The van der Waals surface area contributed by atoms with Crippen molar-refractivity contribution in [1.29, 1.82) is 10.5 Å². The van der Waals surface area contributed by atoms with E-state index in [-0.39, 0.29) is 43.9 Å². The number of halogens is 5. The van der Waals surface area contributed by atoms with Crippen molar-refractivity contribution in [2.75, 3.05) is 40.2 Å². The number of aliphatic hydroxyl groups excluding tert-OH is 1. The number of carbonyl (C=O) groups excluding carboxylic acids is 4. The molecular weight excluding hydrogens is 1970 g/mol. The van der Waals surface area contributed by atoms with Crippen LogP contribution >= 0.6 is 58.0 Å². The first-order valence-corrected chi connectivity index (χ1v) is 52.7. The van der Waals surface area contributed by atoms with Crippen LogP contribution in [0.3, 0.4) is 0 Å². The molecule has 0 unspecified atom stereocenters. The zero-order valence-corrected chi connectivity index (χ0v) is 82.1. The molecule has 0 aliphatic heterocycles. The standard InChI is InChI=1S/C23H18ClN7O2.C23H17ClN4O2.C16H12ClN7O2.C16H14N4O.C7H4Cl2O.3C4H9.CH4O.N3.Sn/c24-19-8-4-7-17(11-19)23(32)30(14-22-26-28-29-27-22)20-9-10-21-18(12-20)13-25-31(21)33-15-16-5-2-1-3-6-16;24-20-8-4-7-18(13-20)23(29)27(12-11-25)21-9-10-22-19(14-21)15-26-28(22)30-16-17-5-2-1-3-6-17;17-12-3-1-2-10(6-12)16(25)23(9-15-19-21-22-20-15)13-4-5-14-11(7-13)8-18-24(14)26;17-8-9-18-15-6-7-16-14(10-15)11-19-20(16)21-12-13-4-2-1-3-5-13;8-6-3-1-2-5(4-6)7(9)10;3*1-3-4-2;1-2;1-3-2;/h1-13H,14-15H2,(H,26,27,28,29);1-10,13-15H,12,16H2;1-8,26H,9H2,(H,19,20,21,22);1-7,10-11,18H,9,12H2;1-4H;3*1,3-4H2,2H3;2H,1H3;;/q;;;;;;;;;-1;+1. The van der Waals surface area contributed by atoms with Gasteiger partial charge in [-0.2, -0.15) is 21.0 Å². The number of tetrazole rings is 2. The number of anilines is 4. The van der Waals surface area contributed by atoms with E-state index in [1.165, 1.54) is 88.4 Å². The summed E-state index contributed by atoms with van der Waals surface area (Å²) in [6, 6.07) is 82.2. The maximum Gasteiger partial charge on any atom is 0.259 e. The van der Waals surface area contributed by atoms with Gasteiger partial charge in [0.05, 0.1) is 50.0 Å². The van der Waals surface area contributed by atoms with Gasteiger partial charge in [-0.15, -0.1) is 45.6 Å². The van der Waals surface area contributed by atoms with Gasteiger partial charge in [0.1, 0.15) is 55.0 Å². The molecule has 0 fully saturated rings. The summed E-state index contributed by atoms with van der Waals surface area (Å²) >= 11 is 26.4. The van der Waals surface area contributed by atoms with Crippen LogP contribution in [0, 0.1) is 22.7 Å². The first-order chi connectivity index (χ1) is 67.2. The molecule has 40 heteroatoms. The Hall–Kier alpha value is -15.0. The van der Waals surface area contributed by atoms with Crippen LogP contribution in [0.2, 0.25) is 33.4 Å². The van der Waals surface area contributed by atoms with Gasteiger partial charge in [-0.3, -0.25) is 24.1 Å². The first kappa shape index (κ1) is 104. The van der Waals surface area contributed by atoms with Crippen LogP contribution in [-0.2, 0) is 32.9 Å². The predicted molar refractivity (Wildman–Crippen MR) is 535 cm³/mol. The molecule has 3 amide bonds. The molecule has 0 saturated heterocycles. The van der Waals surface area contributed by atoms with Gasteiger partial charge in [0, 0.05) is 93.7 Å². The van der Waals surface area contributed by atoms with E-state index in [1.54, 1.807) is 139 Å². The number of H-pyrrole nitrogens is 2. The Labute approximate surface area is 823 Å². The molecular formula is C98H96Cl5N25O9Sn. The number of aromatic nitrogens is 16. The fourth-order valence-corrected chi connectivity index (χ4v) is 27.1. The predicted octanol–water partition coefficient (Wildman–Crippen LogP) is 21.0. The summed E-state index contributed by atoms with van der Waals surface area (Å²) in [5.74, 6) is -0.0702. The van der Waals surface area contributed by atoms with Crippen LogP contribution in [0.1, 0.15) is 129 Å².